The second-order valence-electron chi connectivity index (χ2n) is 7.05. The summed E-state index contributed by atoms with van der Waals surface area (Å²) in [7, 11) is 0. The third-order valence-corrected chi connectivity index (χ3v) is 5.28. The molecule has 3 rings (SSSR count). The minimum atomic E-state index is -0.813. The minimum absolute atomic E-state index is 0.0154. The van der Waals surface area contributed by atoms with Gasteiger partial charge in [0.2, 0.25) is 5.91 Å². The number of rotatable bonds is 6. The summed E-state index contributed by atoms with van der Waals surface area (Å²) >= 11 is 0. The predicted molar refractivity (Wildman–Crippen MR) is 104 cm³/mol. The molecule has 1 aliphatic rings. The Hall–Kier alpha value is -2.66. The smallest absolute Gasteiger partial charge is 0.303 e. The summed E-state index contributed by atoms with van der Waals surface area (Å²) in [4.78, 5) is 24.0. The van der Waals surface area contributed by atoms with Crippen molar-refractivity contribution in [1.82, 2.24) is 0 Å². The molecule has 2 aromatic carbocycles. The minimum Gasteiger partial charge on any atom is -0.481 e. The Morgan fingerprint density at radius 1 is 1.07 bits per heavy atom. The van der Waals surface area contributed by atoms with Crippen molar-refractivity contribution in [3.8, 4) is 0 Å². The van der Waals surface area contributed by atoms with E-state index in [1.165, 1.54) is 0 Å². The third kappa shape index (κ3) is 4.37. The fourth-order valence-corrected chi connectivity index (χ4v) is 3.71. The second kappa shape index (κ2) is 8.35. The normalized spacial score (nSPS) is 15.9. The number of benzene rings is 2. The van der Waals surface area contributed by atoms with Crippen molar-refractivity contribution in [3.05, 3.63) is 65.2 Å². The number of amides is 1. The summed E-state index contributed by atoms with van der Waals surface area (Å²) < 4.78 is 5.52. The number of carbonyl (C=O) groups excluding carboxylic acids is 1. The van der Waals surface area contributed by atoms with Crippen LogP contribution < -0.4 is 5.32 Å². The van der Waals surface area contributed by atoms with Crippen molar-refractivity contribution >= 4 is 17.6 Å². The molecule has 1 aliphatic heterocycles. The topological polar surface area (TPSA) is 75.6 Å². The SMILES string of the molecule is Cc1ccccc1C1(C(=O)Nc2ccc(CCC(=O)O)cc2)CCOCC1. The van der Waals surface area contributed by atoms with Crippen LogP contribution in [0.5, 0.6) is 0 Å². The lowest BCUT2D eigenvalue weighted by Gasteiger charge is -2.37. The van der Waals surface area contributed by atoms with E-state index in [0.717, 1.165) is 22.4 Å². The predicted octanol–water partition coefficient (Wildman–Crippen LogP) is 3.70. The van der Waals surface area contributed by atoms with Gasteiger partial charge in [0.15, 0.2) is 0 Å². The quantitative estimate of drug-likeness (QED) is 0.816. The van der Waals surface area contributed by atoms with Gasteiger partial charge < -0.3 is 15.2 Å². The van der Waals surface area contributed by atoms with Crippen molar-refractivity contribution in [2.45, 2.75) is 38.0 Å². The molecule has 0 bridgehead atoms. The number of nitrogens with one attached hydrogen (secondary N) is 1. The van der Waals surface area contributed by atoms with Crippen molar-refractivity contribution in [1.29, 1.82) is 0 Å². The van der Waals surface area contributed by atoms with E-state index in [2.05, 4.69) is 5.32 Å². The van der Waals surface area contributed by atoms with Crippen LogP contribution in [0.4, 0.5) is 5.69 Å². The van der Waals surface area contributed by atoms with Gasteiger partial charge in [-0.1, -0.05) is 36.4 Å². The molecule has 142 valence electrons. The van der Waals surface area contributed by atoms with Gasteiger partial charge in [-0.2, -0.15) is 0 Å². The first-order valence-corrected chi connectivity index (χ1v) is 9.27. The average Bonchev–Trinajstić information content (AvgIpc) is 2.68. The molecule has 5 heteroatoms. The molecular weight excluding hydrogens is 342 g/mol. The molecule has 0 aromatic heterocycles. The second-order valence-corrected chi connectivity index (χ2v) is 7.05. The Balaban J connectivity index is 1.79. The average molecular weight is 367 g/mol. The molecule has 27 heavy (non-hydrogen) atoms. The van der Waals surface area contributed by atoms with E-state index in [4.69, 9.17) is 9.84 Å². The number of aryl methyl sites for hydroxylation is 2. The first kappa shape index (κ1) is 19.1. The molecule has 0 radical (unpaired) electrons. The first-order valence-electron chi connectivity index (χ1n) is 9.27. The van der Waals surface area contributed by atoms with Crippen LogP contribution in [0.25, 0.3) is 0 Å². The van der Waals surface area contributed by atoms with E-state index < -0.39 is 11.4 Å². The lowest BCUT2D eigenvalue weighted by molar-refractivity contribution is -0.137. The van der Waals surface area contributed by atoms with E-state index >= 15 is 0 Å². The van der Waals surface area contributed by atoms with Crippen molar-refractivity contribution < 1.29 is 19.4 Å². The van der Waals surface area contributed by atoms with Gasteiger partial charge in [0, 0.05) is 25.3 Å². The summed E-state index contributed by atoms with van der Waals surface area (Å²) in [6.07, 6.45) is 1.89. The molecule has 0 atom stereocenters. The van der Waals surface area contributed by atoms with Gasteiger partial charge in [-0.25, -0.2) is 0 Å². The fourth-order valence-electron chi connectivity index (χ4n) is 3.71. The first-order chi connectivity index (χ1) is 13.0. The zero-order valence-corrected chi connectivity index (χ0v) is 15.5. The zero-order chi connectivity index (χ0) is 19.3. The molecule has 0 unspecified atom stereocenters. The Morgan fingerprint density at radius 3 is 2.37 bits per heavy atom. The molecule has 1 saturated heterocycles. The highest BCUT2D eigenvalue weighted by Crippen LogP contribution is 2.37. The summed E-state index contributed by atoms with van der Waals surface area (Å²) in [6.45, 7) is 3.17. The van der Waals surface area contributed by atoms with Gasteiger partial charge in [0.25, 0.3) is 0 Å². The maximum absolute atomic E-state index is 13.3. The van der Waals surface area contributed by atoms with Crippen LogP contribution >= 0.6 is 0 Å². The Bertz CT molecular complexity index is 807. The Labute approximate surface area is 159 Å². The number of hydrogen-bond acceptors (Lipinski definition) is 3. The summed E-state index contributed by atoms with van der Waals surface area (Å²) in [6, 6.07) is 15.4. The molecule has 1 amide bonds. The molecule has 1 heterocycles. The van der Waals surface area contributed by atoms with Crippen LogP contribution in [0.1, 0.15) is 36.0 Å². The number of carbonyl (C=O) groups is 2. The molecule has 0 saturated carbocycles. The lowest BCUT2D eigenvalue weighted by atomic mass is 9.71. The number of anilines is 1. The molecule has 5 nitrogen and oxygen atoms in total. The van der Waals surface area contributed by atoms with E-state index in [1.807, 2.05) is 55.5 Å². The molecular formula is C22H25NO4. The third-order valence-electron chi connectivity index (χ3n) is 5.28. The maximum atomic E-state index is 13.3. The van der Waals surface area contributed by atoms with Crippen molar-refractivity contribution in [2.75, 3.05) is 18.5 Å². The molecule has 2 N–H and O–H groups in total. The van der Waals surface area contributed by atoms with Crippen molar-refractivity contribution in [3.63, 3.8) is 0 Å². The van der Waals surface area contributed by atoms with Gasteiger partial charge in [0.1, 0.15) is 0 Å². The highest BCUT2D eigenvalue weighted by molar-refractivity contribution is 5.99. The molecule has 1 fully saturated rings. The number of carboxylic acid groups (broad SMARTS) is 1. The van der Waals surface area contributed by atoms with Crippen LogP contribution in [0.15, 0.2) is 48.5 Å². The largest absolute Gasteiger partial charge is 0.481 e. The lowest BCUT2D eigenvalue weighted by Crippen LogP contribution is -2.45. The van der Waals surface area contributed by atoms with Gasteiger partial charge in [-0.05, 0) is 55.0 Å². The monoisotopic (exact) mass is 367 g/mol. The number of aliphatic carboxylic acids is 1. The maximum Gasteiger partial charge on any atom is 0.303 e. The van der Waals surface area contributed by atoms with E-state index in [1.54, 1.807) is 0 Å². The van der Waals surface area contributed by atoms with Gasteiger partial charge in [0.05, 0.1) is 5.41 Å². The van der Waals surface area contributed by atoms with E-state index in [-0.39, 0.29) is 12.3 Å². The number of carboxylic acids is 1. The van der Waals surface area contributed by atoms with Crippen molar-refractivity contribution in [2.24, 2.45) is 0 Å². The van der Waals surface area contributed by atoms with Crippen LogP contribution in [0, 0.1) is 6.92 Å². The summed E-state index contributed by atoms with van der Waals surface area (Å²) in [5.74, 6) is -0.828. The molecule has 0 aliphatic carbocycles. The van der Waals surface area contributed by atoms with Gasteiger partial charge >= 0.3 is 5.97 Å². The van der Waals surface area contributed by atoms with Gasteiger partial charge in [-0.3, -0.25) is 9.59 Å². The standard InChI is InChI=1S/C22H25NO4/c1-16-4-2-3-5-19(16)22(12-14-27-15-13-22)21(26)23-18-9-6-17(7-10-18)8-11-20(24)25/h2-7,9-10H,8,11-15H2,1H3,(H,23,26)(H,24,25). The summed E-state index contributed by atoms with van der Waals surface area (Å²) in [5.41, 5.74) is 3.24. The molecule has 0 spiro atoms. The fraction of sp³-hybridized carbons (Fsp3) is 0.364. The highest BCUT2D eigenvalue weighted by Gasteiger charge is 2.42. The van der Waals surface area contributed by atoms with E-state index in [9.17, 15) is 9.59 Å². The highest BCUT2D eigenvalue weighted by atomic mass is 16.5. The Morgan fingerprint density at radius 2 is 1.74 bits per heavy atom. The van der Waals surface area contributed by atoms with Gasteiger partial charge in [-0.15, -0.1) is 0 Å². The van der Waals surface area contributed by atoms with Crippen LogP contribution in [-0.4, -0.2) is 30.2 Å². The number of hydrogen-bond donors (Lipinski definition) is 2. The zero-order valence-electron chi connectivity index (χ0n) is 15.5. The van der Waals surface area contributed by atoms with Crippen LogP contribution in [-0.2, 0) is 26.2 Å². The number of ether oxygens (including phenoxy) is 1. The van der Waals surface area contributed by atoms with Crippen LogP contribution in [0.3, 0.4) is 0 Å². The van der Waals surface area contributed by atoms with Crippen LogP contribution in [0.2, 0.25) is 0 Å². The van der Waals surface area contributed by atoms with E-state index in [0.29, 0.717) is 32.5 Å². The Kier molecular flexibility index (Phi) is 5.91. The molecule has 2 aromatic rings. The summed E-state index contributed by atoms with van der Waals surface area (Å²) in [5, 5.41) is 11.8.